The van der Waals surface area contributed by atoms with Crippen molar-refractivity contribution in [1.29, 1.82) is 0 Å². The predicted octanol–water partition coefficient (Wildman–Crippen LogP) is 2.62. The fraction of sp³-hybridized carbons (Fsp3) is 0.500. The van der Waals surface area contributed by atoms with Gasteiger partial charge in [-0.25, -0.2) is 0 Å². The number of nitrogens with one attached hydrogen (secondary N) is 1. The maximum atomic E-state index is 11.9. The van der Waals surface area contributed by atoms with Crippen LogP contribution >= 0.6 is 0 Å². The largest absolute Gasteiger partial charge is 0.493 e. The van der Waals surface area contributed by atoms with E-state index in [0.717, 1.165) is 31.5 Å². The Kier molecular flexibility index (Phi) is 7.51. The van der Waals surface area contributed by atoms with Crippen molar-refractivity contribution in [3.63, 3.8) is 0 Å². The van der Waals surface area contributed by atoms with Crippen molar-refractivity contribution in [1.82, 2.24) is 10.2 Å². The van der Waals surface area contributed by atoms with Gasteiger partial charge in [-0.05, 0) is 50.5 Å². The second-order valence-corrected chi connectivity index (χ2v) is 6.54. The maximum Gasteiger partial charge on any atom is 0.244 e. The van der Waals surface area contributed by atoms with Crippen LogP contribution in [0.4, 0.5) is 0 Å². The third-order valence-electron chi connectivity index (χ3n) is 4.07. The van der Waals surface area contributed by atoms with Crippen LogP contribution in [0, 0.1) is 0 Å². The van der Waals surface area contributed by atoms with Crippen LogP contribution in [-0.2, 0) is 9.59 Å². The molecule has 1 heterocycles. The van der Waals surface area contributed by atoms with E-state index >= 15 is 0 Å². The highest BCUT2D eigenvalue weighted by Crippen LogP contribution is 2.29. The van der Waals surface area contributed by atoms with Gasteiger partial charge in [0.05, 0.1) is 13.2 Å². The molecule has 0 spiro atoms. The summed E-state index contributed by atoms with van der Waals surface area (Å²) >= 11 is 0. The maximum absolute atomic E-state index is 11.9. The van der Waals surface area contributed by atoms with Gasteiger partial charge >= 0.3 is 0 Å². The lowest BCUT2D eigenvalue weighted by atomic mass is 10.2. The van der Waals surface area contributed by atoms with Crippen molar-refractivity contribution in [2.24, 2.45) is 0 Å². The SMILES string of the molecule is COc1cc(/C=C/C(=O)NCCC(=O)N2CCCC2)ccc1OC(C)C. The molecule has 0 bridgehead atoms. The van der Waals surface area contributed by atoms with Gasteiger partial charge in [0.2, 0.25) is 11.8 Å². The number of rotatable bonds is 8. The molecule has 142 valence electrons. The quantitative estimate of drug-likeness (QED) is 0.724. The number of ether oxygens (including phenoxy) is 2. The Hall–Kier alpha value is -2.50. The molecule has 6 heteroatoms. The zero-order valence-electron chi connectivity index (χ0n) is 15.8. The minimum absolute atomic E-state index is 0.0549. The standard InChI is InChI=1S/C20H28N2O4/c1-15(2)26-17-8-6-16(14-18(17)25-3)7-9-19(23)21-11-10-20(24)22-12-4-5-13-22/h6-9,14-15H,4-5,10-13H2,1-3H3,(H,21,23)/b9-7+. The molecule has 1 aromatic carbocycles. The third-order valence-corrected chi connectivity index (χ3v) is 4.07. The Balaban J connectivity index is 1.82. The van der Waals surface area contributed by atoms with Crippen LogP contribution in [0.3, 0.4) is 0 Å². The summed E-state index contributed by atoms with van der Waals surface area (Å²) in [6, 6.07) is 5.50. The van der Waals surface area contributed by atoms with Crippen molar-refractivity contribution < 1.29 is 19.1 Å². The monoisotopic (exact) mass is 360 g/mol. The predicted molar refractivity (Wildman–Crippen MR) is 101 cm³/mol. The summed E-state index contributed by atoms with van der Waals surface area (Å²) < 4.78 is 11.0. The van der Waals surface area contributed by atoms with Gasteiger partial charge in [-0.1, -0.05) is 6.07 Å². The van der Waals surface area contributed by atoms with Gasteiger partial charge in [0.15, 0.2) is 11.5 Å². The highest BCUT2D eigenvalue weighted by molar-refractivity contribution is 5.92. The number of nitrogens with zero attached hydrogens (tertiary/aromatic N) is 1. The fourth-order valence-electron chi connectivity index (χ4n) is 2.79. The number of carbonyl (C=O) groups is 2. The van der Waals surface area contributed by atoms with Gasteiger partial charge < -0.3 is 19.7 Å². The summed E-state index contributed by atoms with van der Waals surface area (Å²) in [5.74, 6) is 1.18. The number of methoxy groups -OCH3 is 1. The van der Waals surface area contributed by atoms with Gasteiger partial charge in [0, 0.05) is 32.1 Å². The van der Waals surface area contributed by atoms with E-state index in [9.17, 15) is 9.59 Å². The summed E-state index contributed by atoms with van der Waals surface area (Å²) in [7, 11) is 1.58. The Labute approximate surface area is 155 Å². The van der Waals surface area contributed by atoms with Crippen LogP contribution in [0.1, 0.15) is 38.7 Å². The molecular weight excluding hydrogens is 332 g/mol. The molecule has 1 aromatic rings. The lowest BCUT2D eigenvalue weighted by Crippen LogP contribution is -2.32. The first-order valence-electron chi connectivity index (χ1n) is 9.08. The molecule has 0 aliphatic carbocycles. The van der Waals surface area contributed by atoms with Crippen LogP contribution in [0.15, 0.2) is 24.3 Å². The molecule has 0 unspecified atom stereocenters. The minimum atomic E-state index is -0.222. The molecule has 0 aromatic heterocycles. The summed E-state index contributed by atoms with van der Waals surface area (Å²) in [6.45, 7) is 5.93. The second-order valence-electron chi connectivity index (χ2n) is 6.54. The first kappa shape index (κ1) is 19.8. The van der Waals surface area contributed by atoms with Gasteiger partial charge in [-0.2, -0.15) is 0 Å². The van der Waals surface area contributed by atoms with Crippen LogP contribution in [0.5, 0.6) is 11.5 Å². The van der Waals surface area contributed by atoms with Crippen LogP contribution < -0.4 is 14.8 Å². The number of hydrogen-bond acceptors (Lipinski definition) is 4. The normalized spacial score (nSPS) is 14.1. The van der Waals surface area contributed by atoms with Crippen LogP contribution in [0.2, 0.25) is 0 Å². The Morgan fingerprint density at radius 2 is 1.96 bits per heavy atom. The summed E-state index contributed by atoms with van der Waals surface area (Å²) in [6.07, 6.45) is 5.71. The molecule has 26 heavy (non-hydrogen) atoms. The molecule has 1 aliphatic heterocycles. The first-order chi connectivity index (χ1) is 12.5. The highest BCUT2D eigenvalue weighted by Gasteiger charge is 2.17. The zero-order valence-corrected chi connectivity index (χ0v) is 15.8. The summed E-state index contributed by atoms with van der Waals surface area (Å²) in [4.78, 5) is 25.7. The molecule has 1 fully saturated rings. The van der Waals surface area contributed by atoms with Crippen molar-refractivity contribution in [2.75, 3.05) is 26.7 Å². The first-order valence-corrected chi connectivity index (χ1v) is 9.08. The van der Waals surface area contributed by atoms with Gasteiger partial charge in [-0.15, -0.1) is 0 Å². The highest BCUT2D eigenvalue weighted by atomic mass is 16.5. The lowest BCUT2D eigenvalue weighted by Gasteiger charge is -2.14. The summed E-state index contributed by atoms with van der Waals surface area (Å²) in [5.41, 5.74) is 0.834. The zero-order chi connectivity index (χ0) is 18.9. The van der Waals surface area contributed by atoms with E-state index in [1.807, 2.05) is 36.9 Å². The number of carbonyl (C=O) groups excluding carboxylic acids is 2. The van der Waals surface area contributed by atoms with Crippen LogP contribution in [0.25, 0.3) is 6.08 Å². The molecule has 2 amide bonds. The lowest BCUT2D eigenvalue weighted by molar-refractivity contribution is -0.130. The number of benzene rings is 1. The molecular formula is C20H28N2O4. The van der Waals surface area contributed by atoms with E-state index in [1.54, 1.807) is 13.2 Å². The molecule has 1 N–H and O–H groups in total. The van der Waals surface area contributed by atoms with E-state index < -0.39 is 0 Å². The Morgan fingerprint density at radius 3 is 2.62 bits per heavy atom. The number of amides is 2. The molecule has 0 saturated carbocycles. The summed E-state index contributed by atoms with van der Waals surface area (Å²) in [5, 5.41) is 2.74. The van der Waals surface area contributed by atoms with E-state index in [0.29, 0.717) is 24.5 Å². The minimum Gasteiger partial charge on any atom is -0.493 e. The molecule has 1 saturated heterocycles. The van der Waals surface area contributed by atoms with Gasteiger partial charge in [-0.3, -0.25) is 9.59 Å². The molecule has 2 rings (SSSR count). The number of likely N-dealkylation sites (tertiary alicyclic amines) is 1. The topological polar surface area (TPSA) is 67.9 Å². The van der Waals surface area contributed by atoms with E-state index in [1.165, 1.54) is 6.08 Å². The van der Waals surface area contributed by atoms with Crippen molar-refractivity contribution >= 4 is 17.9 Å². The van der Waals surface area contributed by atoms with Gasteiger partial charge in [0.25, 0.3) is 0 Å². The Bertz CT molecular complexity index is 649. The fourth-order valence-corrected chi connectivity index (χ4v) is 2.79. The Morgan fingerprint density at radius 1 is 1.23 bits per heavy atom. The van der Waals surface area contributed by atoms with E-state index in [2.05, 4.69) is 5.32 Å². The smallest absolute Gasteiger partial charge is 0.244 e. The number of hydrogen-bond donors (Lipinski definition) is 1. The molecule has 0 atom stereocenters. The van der Waals surface area contributed by atoms with Crippen molar-refractivity contribution in [2.45, 2.75) is 39.2 Å². The van der Waals surface area contributed by atoms with Crippen LogP contribution in [-0.4, -0.2) is 49.6 Å². The van der Waals surface area contributed by atoms with Gasteiger partial charge in [0.1, 0.15) is 0 Å². The second kappa shape index (κ2) is 9.85. The van der Waals surface area contributed by atoms with E-state index in [4.69, 9.17) is 9.47 Å². The molecule has 0 radical (unpaired) electrons. The van der Waals surface area contributed by atoms with Crippen molar-refractivity contribution in [3.8, 4) is 11.5 Å². The molecule has 6 nitrogen and oxygen atoms in total. The van der Waals surface area contributed by atoms with E-state index in [-0.39, 0.29) is 17.9 Å². The van der Waals surface area contributed by atoms with Crippen molar-refractivity contribution in [3.05, 3.63) is 29.8 Å². The average molecular weight is 360 g/mol. The molecule has 1 aliphatic rings. The third kappa shape index (κ3) is 6.10. The average Bonchev–Trinajstić information content (AvgIpc) is 3.15.